The molecule has 0 saturated carbocycles. The van der Waals surface area contributed by atoms with Crippen LogP contribution in [0.5, 0.6) is 0 Å². The lowest BCUT2D eigenvalue weighted by atomic mass is 10.3. The summed E-state index contributed by atoms with van der Waals surface area (Å²) in [4.78, 5) is 0. The predicted octanol–water partition coefficient (Wildman–Crippen LogP) is 2.11. The van der Waals surface area contributed by atoms with E-state index < -0.39 is 0 Å². The average Bonchev–Trinajstić information content (AvgIpc) is 2.28. The Morgan fingerprint density at radius 1 is 1.31 bits per heavy atom. The molecule has 0 saturated heterocycles. The second kappa shape index (κ2) is 7.49. The Labute approximate surface area is 104 Å². The Kier molecular flexibility index (Phi) is 6.22. The molecule has 0 fully saturated rings. The van der Waals surface area contributed by atoms with E-state index in [0.717, 1.165) is 22.4 Å². The molecule has 3 N–H and O–H groups in total. The zero-order valence-electron chi connectivity index (χ0n) is 9.33. The molecule has 5 heteroatoms. The molecule has 0 aromatic heterocycles. The van der Waals surface area contributed by atoms with Gasteiger partial charge >= 0.3 is 0 Å². The summed E-state index contributed by atoms with van der Waals surface area (Å²) >= 11 is 3.40. The lowest BCUT2D eigenvalue weighted by Crippen LogP contribution is -2.12. The number of benzene rings is 1. The van der Waals surface area contributed by atoms with E-state index in [1.54, 1.807) is 7.11 Å². The minimum absolute atomic E-state index is 0.617. The molecule has 1 aromatic rings. The first-order valence-corrected chi connectivity index (χ1v) is 5.89. The lowest BCUT2D eigenvalue weighted by molar-refractivity contribution is 0.0759. The highest BCUT2D eigenvalue weighted by molar-refractivity contribution is 9.10. The minimum atomic E-state index is 0.617. The summed E-state index contributed by atoms with van der Waals surface area (Å²) in [6, 6.07) is 5.72. The molecule has 0 aliphatic carbocycles. The molecular formula is C11H17BrN2O2. The zero-order valence-corrected chi connectivity index (χ0v) is 10.9. The molecule has 0 spiro atoms. The van der Waals surface area contributed by atoms with Gasteiger partial charge in [0.05, 0.1) is 31.2 Å². The molecule has 0 amide bonds. The summed E-state index contributed by atoms with van der Waals surface area (Å²) in [6.45, 7) is 2.60. The van der Waals surface area contributed by atoms with Crippen molar-refractivity contribution in [3.8, 4) is 0 Å². The van der Waals surface area contributed by atoms with Gasteiger partial charge in [0.25, 0.3) is 0 Å². The molecule has 0 aliphatic heterocycles. The van der Waals surface area contributed by atoms with Gasteiger partial charge in [-0.1, -0.05) is 15.9 Å². The van der Waals surface area contributed by atoms with E-state index in [0.29, 0.717) is 19.8 Å². The number of ether oxygens (including phenoxy) is 2. The molecule has 0 radical (unpaired) electrons. The van der Waals surface area contributed by atoms with Gasteiger partial charge in [-0.05, 0) is 18.2 Å². The second-order valence-electron chi connectivity index (χ2n) is 3.26. The van der Waals surface area contributed by atoms with E-state index in [9.17, 15) is 0 Å². The predicted molar refractivity (Wildman–Crippen MR) is 69.7 cm³/mol. The normalized spacial score (nSPS) is 10.4. The van der Waals surface area contributed by atoms with Gasteiger partial charge < -0.3 is 20.5 Å². The standard InChI is InChI=1S/C11H17BrN2O2/c1-15-6-7-16-5-4-14-11-8-9(12)2-3-10(11)13/h2-3,8,14H,4-7,13H2,1H3. The van der Waals surface area contributed by atoms with Crippen LogP contribution in [0.3, 0.4) is 0 Å². The summed E-state index contributed by atoms with van der Waals surface area (Å²) in [5.41, 5.74) is 7.46. The summed E-state index contributed by atoms with van der Waals surface area (Å²) < 4.78 is 11.2. The van der Waals surface area contributed by atoms with Crippen LogP contribution < -0.4 is 11.1 Å². The highest BCUT2D eigenvalue weighted by atomic mass is 79.9. The van der Waals surface area contributed by atoms with E-state index in [1.807, 2.05) is 18.2 Å². The molecular weight excluding hydrogens is 272 g/mol. The fraction of sp³-hybridized carbons (Fsp3) is 0.455. The van der Waals surface area contributed by atoms with Crippen molar-refractivity contribution in [2.24, 2.45) is 0 Å². The number of halogens is 1. The molecule has 90 valence electrons. The van der Waals surface area contributed by atoms with Crippen LogP contribution in [0.2, 0.25) is 0 Å². The van der Waals surface area contributed by atoms with Gasteiger partial charge in [0, 0.05) is 18.1 Å². The molecule has 0 aliphatic rings. The number of nitrogen functional groups attached to an aromatic ring is 1. The van der Waals surface area contributed by atoms with Crippen molar-refractivity contribution in [3.05, 3.63) is 22.7 Å². The Morgan fingerprint density at radius 3 is 2.88 bits per heavy atom. The van der Waals surface area contributed by atoms with E-state index >= 15 is 0 Å². The van der Waals surface area contributed by atoms with Crippen molar-refractivity contribution in [2.75, 3.05) is 44.5 Å². The lowest BCUT2D eigenvalue weighted by Gasteiger charge is -2.10. The van der Waals surface area contributed by atoms with Crippen LogP contribution in [0.15, 0.2) is 22.7 Å². The first kappa shape index (κ1) is 13.3. The van der Waals surface area contributed by atoms with Crippen LogP contribution in [-0.2, 0) is 9.47 Å². The largest absolute Gasteiger partial charge is 0.397 e. The molecule has 0 heterocycles. The van der Waals surface area contributed by atoms with Gasteiger partial charge in [-0.3, -0.25) is 0 Å². The van der Waals surface area contributed by atoms with Crippen LogP contribution in [0.1, 0.15) is 0 Å². The van der Waals surface area contributed by atoms with E-state index in [1.165, 1.54) is 0 Å². The number of nitrogens with one attached hydrogen (secondary N) is 1. The van der Waals surface area contributed by atoms with Crippen LogP contribution in [-0.4, -0.2) is 33.5 Å². The molecule has 0 bridgehead atoms. The van der Waals surface area contributed by atoms with E-state index in [4.69, 9.17) is 15.2 Å². The number of rotatable bonds is 7. The topological polar surface area (TPSA) is 56.5 Å². The van der Waals surface area contributed by atoms with Gasteiger partial charge in [0.2, 0.25) is 0 Å². The molecule has 0 unspecified atom stereocenters. The third-order valence-electron chi connectivity index (χ3n) is 2.01. The quantitative estimate of drug-likeness (QED) is 0.596. The van der Waals surface area contributed by atoms with Gasteiger partial charge in [0.1, 0.15) is 0 Å². The van der Waals surface area contributed by atoms with E-state index in [-0.39, 0.29) is 0 Å². The maximum atomic E-state index is 5.81. The molecule has 1 rings (SSSR count). The van der Waals surface area contributed by atoms with Crippen molar-refractivity contribution >= 4 is 27.3 Å². The maximum Gasteiger partial charge on any atom is 0.0701 e. The van der Waals surface area contributed by atoms with Gasteiger partial charge in [-0.2, -0.15) is 0 Å². The highest BCUT2D eigenvalue weighted by Gasteiger charge is 1.98. The number of nitrogens with two attached hydrogens (primary N) is 1. The van der Waals surface area contributed by atoms with Crippen molar-refractivity contribution in [1.29, 1.82) is 0 Å². The monoisotopic (exact) mass is 288 g/mol. The van der Waals surface area contributed by atoms with Gasteiger partial charge in [-0.25, -0.2) is 0 Å². The number of hydrogen-bond donors (Lipinski definition) is 2. The fourth-order valence-electron chi connectivity index (χ4n) is 1.18. The number of methoxy groups -OCH3 is 1. The van der Waals surface area contributed by atoms with Crippen molar-refractivity contribution in [3.63, 3.8) is 0 Å². The van der Waals surface area contributed by atoms with Crippen LogP contribution in [0.25, 0.3) is 0 Å². The van der Waals surface area contributed by atoms with Crippen molar-refractivity contribution < 1.29 is 9.47 Å². The smallest absolute Gasteiger partial charge is 0.0701 e. The third-order valence-corrected chi connectivity index (χ3v) is 2.50. The summed E-state index contributed by atoms with van der Waals surface area (Å²) in [7, 11) is 1.66. The first-order chi connectivity index (χ1) is 7.74. The second-order valence-corrected chi connectivity index (χ2v) is 4.18. The van der Waals surface area contributed by atoms with Crippen LogP contribution >= 0.6 is 15.9 Å². The number of anilines is 2. The zero-order chi connectivity index (χ0) is 11.8. The van der Waals surface area contributed by atoms with Gasteiger partial charge in [-0.15, -0.1) is 0 Å². The Balaban J connectivity index is 2.23. The molecule has 4 nitrogen and oxygen atoms in total. The van der Waals surface area contributed by atoms with E-state index in [2.05, 4.69) is 21.2 Å². The summed E-state index contributed by atoms with van der Waals surface area (Å²) in [6.07, 6.45) is 0. The summed E-state index contributed by atoms with van der Waals surface area (Å²) in [5, 5.41) is 3.21. The Bertz CT molecular complexity index is 321. The molecule has 0 atom stereocenters. The first-order valence-electron chi connectivity index (χ1n) is 5.09. The van der Waals surface area contributed by atoms with Crippen LogP contribution in [0, 0.1) is 0 Å². The fourth-order valence-corrected chi connectivity index (χ4v) is 1.54. The highest BCUT2D eigenvalue weighted by Crippen LogP contribution is 2.22. The Hall–Kier alpha value is -0.780. The minimum Gasteiger partial charge on any atom is -0.397 e. The molecule has 1 aromatic carbocycles. The SMILES string of the molecule is COCCOCCNc1cc(Br)ccc1N. The van der Waals surface area contributed by atoms with Crippen molar-refractivity contribution in [1.82, 2.24) is 0 Å². The average molecular weight is 289 g/mol. The van der Waals surface area contributed by atoms with Crippen LogP contribution in [0.4, 0.5) is 11.4 Å². The third kappa shape index (κ3) is 4.83. The van der Waals surface area contributed by atoms with Gasteiger partial charge in [0.15, 0.2) is 0 Å². The number of hydrogen-bond acceptors (Lipinski definition) is 4. The maximum absolute atomic E-state index is 5.81. The summed E-state index contributed by atoms with van der Waals surface area (Å²) in [5.74, 6) is 0. The molecule has 16 heavy (non-hydrogen) atoms. The van der Waals surface area contributed by atoms with Crippen molar-refractivity contribution in [2.45, 2.75) is 0 Å². The Morgan fingerprint density at radius 2 is 2.12 bits per heavy atom.